The maximum Gasteiger partial charge on any atom is 0.260 e. The Bertz CT molecular complexity index is 1660. The van der Waals surface area contributed by atoms with Gasteiger partial charge in [-0.3, -0.25) is 9.59 Å². The monoisotopic (exact) mass is 500 g/mol. The molecule has 8 heteroatoms. The molecule has 2 aromatic carbocycles. The van der Waals surface area contributed by atoms with Crippen LogP contribution in [0.1, 0.15) is 18.4 Å². The van der Waals surface area contributed by atoms with Crippen LogP contribution >= 0.6 is 11.6 Å². The second-order valence-electron chi connectivity index (χ2n) is 8.57. The molecular weight excluding hydrogens is 479 g/mol. The van der Waals surface area contributed by atoms with Crippen LogP contribution in [0.5, 0.6) is 0 Å². The van der Waals surface area contributed by atoms with E-state index in [9.17, 15) is 14.0 Å². The van der Waals surface area contributed by atoms with Crippen molar-refractivity contribution in [3.8, 4) is 22.4 Å². The number of halogens is 2. The number of fused-ring (bicyclic) bond motifs is 1. The van der Waals surface area contributed by atoms with Gasteiger partial charge < -0.3 is 14.9 Å². The number of nitrogens with zero attached hydrogens (tertiary/aromatic N) is 2. The average Bonchev–Trinajstić information content (AvgIpc) is 3.27. The molecule has 0 aliphatic heterocycles. The van der Waals surface area contributed by atoms with Crippen molar-refractivity contribution in [2.24, 2.45) is 7.05 Å². The van der Waals surface area contributed by atoms with Gasteiger partial charge in [0.05, 0.1) is 22.5 Å². The topological polar surface area (TPSA) is 79.8 Å². The summed E-state index contributed by atoms with van der Waals surface area (Å²) in [5.74, 6) is -0.791. The Labute approximate surface area is 211 Å². The van der Waals surface area contributed by atoms with E-state index in [4.69, 9.17) is 11.6 Å². The Kier molecular flexibility index (Phi) is 6.16. The summed E-state index contributed by atoms with van der Waals surface area (Å²) >= 11 is 6.56. The summed E-state index contributed by atoms with van der Waals surface area (Å²) in [5, 5.41) is 3.88. The number of aryl methyl sites for hydroxylation is 1. The number of H-pyrrole nitrogens is 1. The standard InChI is InChI=1S/C28H22ClFN4O2/c1-16(17-7-9-19(30)10-8-17)27(35)33-23-15-18(11-13-31-23)26-24(20-5-3-4-6-21(20)29)25-22(32-26)12-14-34(2)28(25)36/h3-16,32H,1-2H3,(H,31,33,35). The van der Waals surface area contributed by atoms with Crippen LogP contribution in [0.3, 0.4) is 0 Å². The Morgan fingerprint density at radius 2 is 1.86 bits per heavy atom. The summed E-state index contributed by atoms with van der Waals surface area (Å²) in [5.41, 5.74) is 4.03. The maximum atomic E-state index is 13.3. The summed E-state index contributed by atoms with van der Waals surface area (Å²) in [7, 11) is 1.70. The van der Waals surface area contributed by atoms with Crippen molar-refractivity contribution in [1.29, 1.82) is 0 Å². The van der Waals surface area contributed by atoms with E-state index in [-0.39, 0.29) is 17.3 Å². The van der Waals surface area contributed by atoms with Crippen molar-refractivity contribution in [2.45, 2.75) is 12.8 Å². The first kappa shape index (κ1) is 23.5. The molecule has 0 aliphatic rings. The van der Waals surface area contributed by atoms with Gasteiger partial charge in [0.2, 0.25) is 5.91 Å². The highest BCUT2D eigenvalue weighted by Crippen LogP contribution is 2.40. The minimum Gasteiger partial charge on any atom is -0.354 e. The Balaban J connectivity index is 1.58. The lowest BCUT2D eigenvalue weighted by atomic mass is 9.99. The Morgan fingerprint density at radius 3 is 2.61 bits per heavy atom. The number of anilines is 1. The Hall–Kier alpha value is -4.23. The summed E-state index contributed by atoms with van der Waals surface area (Å²) in [6.07, 6.45) is 3.30. The van der Waals surface area contributed by atoms with Gasteiger partial charge in [-0.05, 0) is 48.9 Å². The van der Waals surface area contributed by atoms with Gasteiger partial charge in [0.25, 0.3) is 5.56 Å². The fraction of sp³-hybridized carbons (Fsp3) is 0.107. The molecule has 180 valence electrons. The molecule has 36 heavy (non-hydrogen) atoms. The van der Waals surface area contributed by atoms with Gasteiger partial charge in [0.1, 0.15) is 11.6 Å². The number of carbonyl (C=O) groups excluding carboxylic acids is 1. The van der Waals surface area contributed by atoms with Gasteiger partial charge in [0, 0.05) is 41.2 Å². The van der Waals surface area contributed by atoms with Crippen molar-refractivity contribution in [3.63, 3.8) is 0 Å². The average molecular weight is 501 g/mol. The lowest BCUT2D eigenvalue weighted by Crippen LogP contribution is -2.19. The van der Waals surface area contributed by atoms with Crippen molar-refractivity contribution in [1.82, 2.24) is 14.5 Å². The first-order chi connectivity index (χ1) is 17.3. The van der Waals surface area contributed by atoms with E-state index >= 15 is 0 Å². The first-order valence-electron chi connectivity index (χ1n) is 11.3. The minimum atomic E-state index is -0.508. The molecule has 5 aromatic rings. The molecule has 0 aliphatic carbocycles. The number of hydrogen-bond acceptors (Lipinski definition) is 3. The summed E-state index contributed by atoms with van der Waals surface area (Å²) in [4.78, 5) is 33.7. The van der Waals surface area contributed by atoms with Crippen molar-refractivity contribution in [2.75, 3.05) is 5.32 Å². The van der Waals surface area contributed by atoms with Gasteiger partial charge in [0.15, 0.2) is 0 Å². The van der Waals surface area contributed by atoms with Crippen LogP contribution in [0.15, 0.2) is 83.9 Å². The smallest absolute Gasteiger partial charge is 0.260 e. The van der Waals surface area contributed by atoms with Crippen LogP contribution < -0.4 is 10.9 Å². The molecule has 0 saturated carbocycles. The minimum absolute atomic E-state index is 0.152. The SMILES string of the molecule is CC(C(=O)Nc1cc(-c2[nH]c3ccn(C)c(=O)c3c2-c2ccccc2Cl)ccn1)c1ccc(F)cc1. The van der Waals surface area contributed by atoms with Crippen LogP contribution in [-0.2, 0) is 11.8 Å². The molecule has 0 saturated heterocycles. The molecule has 3 heterocycles. The van der Waals surface area contributed by atoms with E-state index in [0.717, 1.165) is 11.1 Å². The molecule has 1 unspecified atom stereocenters. The number of pyridine rings is 2. The fourth-order valence-electron chi connectivity index (χ4n) is 4.24. The highest BCUT2D eigenvalue weighted by molar-refractivity contribution is 6.34. The summed E-state index contributed by atoms with van der Waals surface area (Å²) < 4.78 is 14.8. The third-order valence-corrected chi connectivity index (χ3v) is 6.56. The van der Waals surface area contributed by atoms with Crippen molar-refractivity contribution in [3.05, 3.63) is 106 Å². The largest absolute Gasteiger partial charge is 0.354 e. The third-order valence-electron chi connectivity index (χ3n) is 6.23. The van der Waals surface area contributed by atoms with Crippen LogP contribution in [0.4, 0.5) is 10.2 Å². The molecule has 0 radical (unpaired) electrons. The van der Waals surface area contributed by atoms with Gasteiger partial charge in [-0.25, -0.2) is 9.37 Å². The van der Waals surface area contributed by atoms with E-state index < -0.39 is 5.92 Å². The molecule has 1 atom stereocenters. The highest BCUT2D eigenvalue weighted by Gasteiger charge is 2.21. The van der Waals surface area contributed by atoms with Crippen LogP contribution in [0, 0.1) is 5.82 Å². The second kappa shape index (κ2) is 9.43. The zero-order chi connectivity index (χ0) is 25.4. The number of carbonyl (C=O) groups is 1. The molecule has 5 rings (SSSR count). The van der Waals surface area contributed by atoms with Gasteiger partial charge >= 0.3 is 0 Å². The number of benzene rings is 2. The predicted molar refractivity (Wildman–Crippen MR) is 141 cm³/mol. The molecule has 2 N–H and O–H groups in total. The molecule has 0 bridgehead atoms. The lowest BCUT2D eigenvalue weighted by molar-refractivity contribution is -0.117. The molecular formula is C28H22ClFN4O2. The second-order valence-corrected chi connectivity index (χ2v) is 8.97. The normalized spacial score (nSPS) is 12.0. The highest BCUT2D eigenvalue weighted by atomic mass is 35.5. The van der Waals surface area contributed by atoms with Crippen molar-refractivity contribution < 1.29 is 9.18 Å². The molecule has 1 amide bonds. The van der Waals surface area contributed by atoms with Crippen LogP contribution in [0.2, 0.25) is 5.02 Å². The van der Waals surface area contributed by atoms with Crippen molar-refractivity contribution >= 4 is 34.2 Å². The third kappa shape index (κ3) is 4.29. The zero-order valence-corrected chi connectivity index (χ0v) is 20.3. The lowest BCUT2D eigenvalue weighted by Gasteiger charge is -2.13. The zero-order valence-electron chi connectivity index (χ0n) is 19.5. The number of aromatic amines is 1. The first-order valence-corrected chi connectivity index (χ1v) is 11.7. The predicted octanol–water partition coefficient (Wildman–Crippen LogP) is 6.13. The van der Waals surface area contributed by atoms with E-state index in [1.807, 2.05) is 24.3 Å². The van der Waals surface area contributed by atoms with E-state index in [0.29, 0.717) is 38.6 Å². The number of aromatic nitrogens is 3. The molecule has 0 spiro atoms. The maximum absolute atomic E-state index is 13.3. The number of amides is 1. The molecule has 6 nitrogen and oxygen atoms in total. The molecule has 3 aromatic heterocycles. The van der Waals surface area contributed by atoms with Crippen LogP contribution in [-0.4, -0.2) is 20.4 Å². The molecule has 0 fully saturated rings. The fourth-order valence-corrected chi connectivity index (χ4v) is 4.47. The summed E-state index contributed by atoms with van der Waals surface area (Å²) in [6, 6.07) is 18.6. The van der Waals surface area contributed by atoms with Gasteiger partial charge in [-0.2, -0.15) is 0 Å². The number of hydrogen-bond donors (Lipinski definition) is 2. The number of nitrogens with one attached hydrogen (secondary N) is 2. The van der Waals surface area contributed by atoms with E-state index in [1.54, 1.807) is 56.7 Å². The van der Waals surface area contributed by atoms with Gasteiger partial charge in [-0.15, -0.1) is 0 Å². The quantitative estimate of drug-likeness (QED) is 0.304. The van der Waals surface area contributed by atoms with Crippen LogP contribution in [0.25, 0.3) is 33.3 Å². The van der Waals surface area contributed by atoms with E-state index in [1.165, 1.54) is 16.7 Å². The van der Waals surface area contributed by atoms with Gasteiger partial charge in [-0.1, -0.05) is 41.9 Å². The van der Waals surface area contributed by atoms with E-state index in [2.05, 4.69) is 15.3 Å². The number of rotatable bonds is 5. The Morgan fingerprint density at radius 1 is 1.11 bits per heavy atom. The summed E-state index contributed by atoms with van der Waals surface area (Å²) in [6.45, 7) is 1.75.